The van der Waals surface area contributed by atoms with Crippen LogP contribution in [0.25, 0.3) is 6.08 Å². The van der Waals surface area contributed by atoms with Crippen molar-refractivity contribution in [2.45, 2.75) is 6.04 Å². The van der Waals surface area contributed by atoms with Crippen LogP contribution in [0.4, 0.5) is 5.69 Å². The molecule has 9 nitrogen and oxygen atoms in total. The molecule has 0 spiro atoms. The van der Waals surface area contributed by atoms with Crippen molar-refractivity contribution in [3.63, 3.8) is 0 Å². The minimum atomic E-state index is -1.02. The van der Waals surface area contributed by atoms with Gasteiger partial charge < -0.3 is 19.8 Å². The van der Waals surface area contributed by atoms with E-state index in [-0.39, 0.29) is 37.6 Å². The number of aliphatic hydroxyl groups excluding tert-OH is 2. The number of nitrogens with zero attached hydrogens (tertiary/aromatic N) is 2. The number of carbonyl (C=O) groups excluding carboxylic acids is 2. The molecule has 166 valence electrons. The first-order valence-corrected chi connectivity index (χ1v) is 9.88. The molecule has 0 fully saturated rings. The van der Waals surface area contributed by atoms with Gasteiger partial charge in [-0.15, -0.1) is 0 Å². The van der Waals surface area contributed by atoms with E-state index in [0.717, 1.165) is 5.56 Å². The fraction of sp³-hybridized carbons (Fsp3) is 0.217. The first kappa shape index (κ1) is 22.9. The van der Waals surface area contributed by atoms with Gasteiger partial charge in [0.25, 0.3) is 11.6 Å². The number of hydrogen-bond donors (Lipinski definition) is 2. The van der Waals surface area contributed by atoms with Gasteiger partial charge in [0.15, 0.2) is 11.5 Å². The lowest BCUT2D eigenvalue weighted by Crippen LogP contribution is -2.34. The molecule has 0 saturated heterocycles. The van der Waals surface area contributed by atoms with Crippen molar-refractivity contribution in [1.82, 2.24) is 4.90 Å². The first-order valence-electron chi connectivity index (χ1n) is 9.88. The highest BCUT2D eigenvalue weighted by Crippen LogP contribution is 2.38. The van der Waals surface area contributed by atoms with Crippen LogP contribution in [-0.4, -0.2) is 58.1 Å². The average Bonchev–Trinajstić information content (AvgIpc) is 3.06. The topological polar surface area (TPSA) is 130 Å². The van der Waals surface area contributed by atoms with Crippen molar-refractivity contribution in [3.8, 4) is 0 Å². The van der Waals surface area contributed by atoms with Crippen LogP contribution in [0.2, 0.25) is 0 Å². The maximum atomic E-state index is 13.0. The number of hydrogen-bond acceptors (Lipinski definition) is 7. The van der Waals surface area contributed by atoms with Crippen LogP contribution < -0.4 is 0 Å². The Morgan fingerprint density at radius 2 is 1.91 bits per heavy atom. The van der Waals surface area contributed by atoms with Gasteiger partial charge in [0.2, 0.25) is 0 Å². The molecule has 2 aromatic carbocycles. The molecule has 1 heterocycles. The lowest BCUT2D eigenvalue weighted by Gasteiger charge is -2.26. The monoisotopic (exact) mass is 438 g/mol. The molecule has 32 heavy (non-hydrogen) atoms. The second-order valence-electron chi connectivity index (χ2n) is 6.96. The highest BCUT2D eigenvalue weighted by molar-refractivity contribution is 6.14. The Balaban J connectivity index is 1.97. The van der Waals surface area contributed by atoms with E-state index in [2.05, 4.69) is 0 Å². The van der Waals surface area contributed by atoms with Gasteiger partial charge in [0.1, 0.15) is 0 Å². The Morgan fingerprint density at radius 1 is 1.16 bits per heavy atom. The van der Waals surface area contributed by atoms with Gasteiger partial charge in [-0.2, -0.15) is 0 Å². The minimum Gasteiger partial charge on any atom is -0.503 e. The lowest BCUT2D eigenvalue weighted by molar-refractivity contribution is -0.384. The number of carbonyl (C=O) groups is 2. The van der Waals surface area contributed by atoms with Crippen LogP contribution in [0.1, 0.15) is 17.2 Å². The molecule has 3 rings (SSSR count). The molecule has 0 aromatic heterocycles. The van der Waals surface area contributed by atoms with Crippen molar-refractivity contribution < 1.29 is 29.5 Å². The van der Waals surface area contributed by atoms with E-state index in [1.54, 1.807) is 36.4 Å². The third-order valence-corrected chi connectivity index (χ3v) is 4.90. The van der Waals surface area contributed by atoms with Gasteiger partial charge in [-0.1, -0.05) is 48.5 Å². The van der Waals surface area contributed by atoms with Crippen molar-refractivity contribution in [2.24, 2.45) is 0 Å². The lowest BCUT2D eigenvalue weighted by atomic mass is 9.95. The molecule has 0 bridgehead atoms. The van der Waals surface area contributed by atoms with E-state index in [1.165, 1.54) is 29.2 Å². The Bertz CT molecular complexity index is 1060. The molecule has 1 amide bonds. The van der Waals surface area contributed by atoms with Crippen LogP contribution in [0.5, 0.6) is 0 Å². The van der Waals surface area contributed by atoms with E-state index in [0.29, 0.717) is 5.56 Å². The second-order valence-corrected chi connectivity index (χ2v) is 6.96. The molecule has 2 N–H and O–H groups in total. The maximum Gasteiger partial charge on any atom is 0.290 e. The van der Waals surface area contributed by atoms with E-state index in [4.69, 9.17) is 9.84 Å². The normalized spacial score (nSPS) is 16.2. The summed E-state index contributed by atoms with van der Waals surface area (Å²) < 4.78 is 5.22. The number of ether oxygens (including phenoxy) is 1. The van der Waals surface area contributed by atoms with Gasteiger partial charge in [-0.25, -0.2) is 0 Å². The Kier molecular flexibility index (Phi) is 7.48. The standard InChI is InChI=1S/C23H22N2O7/c26-12-14-32-13-11-24-21(17-7-4-8-18(15-17)25(30)31)20(22(28)23(24)29)19(27)10-9-16-5-2-1-3-6-16/h1-10,15,21,26,28H,11-14H2. The number of benzene rings is 2. The van der Waals surface area contributed by atoms with Crippen LogP contribution in [0.3, 0.4) is 0 Å². The summed E-state index contributed by atoms with van der Waals surface area (Å²) in [7, 11) is 0. The molecule has 0 aliphatic carbocycles. The second kappa shape index (κ2) is 10.5. The zero-order valence-electron chi connectivity index (χ0n) is 17.1. The Hall–Kier alpha value is -3.82. The summed E-state index contributed by atoms with van der Waals surface area (Å²) in [6.07, 6.45) is 2.81. The summed E-state index contributed by atoms with van der Waals surface area (Å²) in [5.74, 6) is -2.06. The molecule has 0 radical (unpaired) electrons. The molecule has 1 aliphatic rings. The number of aliphatic hydroxyl groups is 2. The molecule has 9 heteroatoms. The van der Waals surface area contributed by atoms with E-state index >= 15 is 0 Å². The number of amides is 1. The van der Waals surface area contributed by atoms with Gasteiger partial charge in [0, 0.05) is 18.7 Å². The Labute approximate surface area is 184 Å². The van der Waals surface area contributed by atoms with Crippen molar-refractivity contribution >= 4 is 23.5 Å². The van der Waals surface area contributed by atoms with Crippen LogP contribution in [0.15, 0.2) is 72.0 Å². The molecule has 2 aromatic rings. The summed E-state index contributed by atoms with van der Waals surface area (Å²) in [5, 5.41) is 30.6. The first-order chi connectivity index (χ1) is 15.4. The third-order valence-electron chi connectivity index (χ3n) is 4.90. The largest absolute Gasteiger partial charge is 0.503 e. The highest BCUT2D eigenvalue weighted by atomic mass is 16.6. The van der Waals surface area contributed by atoms with Gasteiger partial charge in [-0.3, -0.25) is 19.7 Å². The SMILES string of the molecule is O=C(C=Cc1ccccc1)C1=C(O)C(=O)N(CCOCCO)C1c1cccc([N+](=O)[O-])c1. The molecule has 0 saturated carbocycles. The van der Waals surface area contributed by atoms with E-state index in [1.807, 2.05) is 6.07 Å². The molecule has 1 atom stereocenters. The maximum absolute atomic E-state index is 13.0. The van der Waals surface area contributed by atoms with Crippen LogP contribution in [0, 0.1) is 10.1 Å². The van der Waals surface area contributed by atoms with Gasteiger partial charge in [-0.05, 0) is 17.2 Å². The number of ketones is 1. The zero-order valence-corrected chi connectivity index (χ0v) is 17.1. The zero-order chi connectivity index (χ0) is 23.1. The Morgan fingerprint density at radius 3 is 2.59 bits per heavy atom. The summed E-state index contributed by atoms with van der Waals surface area (Å²) in [5.41, 5.74) is 0.705. The fourth-order valence-electron chi connectivity index (χ4n) is 3.45. The summed E-state index contributed by atoms with van der Waals surface area (Å²) in [4.78, 5) is 37.7. The van der Waals surface area contributed by atoms with E-state index < -0.39 is 28.4 Å². The summed E-state index contributed by atoms with van der Waals surface area (Å²) in [6.45, 7) is -0.0734. The predicted octanol–water partition coefficient (Wildman–Crippen LogP) is 2.58. The quantitative estimate of drug-likeness (QED) is 0.252. The number of non-ortho nitro benzene ring substituents is 1. The molecular formula is C23H22N2O7. The molecule has 1 unspecified atom stereocenters. The average molecular weight is 438 g/mol. The smallest absolute Gasteiger partial charge is 0.290 e. The fourth-order valence-corrected chi connectivity index (χ4v) is 3.45. The molecular weight excluding hydrogens is 416 g/mol. The summed E-state index contributed by atoms with van der Waals surface area (Å²) >= 11 is 0. The van der Waals surface area contributed by atoms with Gasteiger partial charge in [0.05, 0.1) is 36.4 Å². The van der Waals surface area contributed by atoms with Crippen molar-refractivity contribution in [2.75, 3.05) is 26.4 Å². The van der Waals surface area contributed by atoms with E-state index in [9.17, 15) is 24.8 Å². The predicted molar refractivity (Wildman–Crippen MR) is 116 cm³/mol. The molecule has 1 aliphatic heterocycles. The van der Waals surface area contributed by atoms with Crippen molar-refractivity contribution in [3.05, 3.63) is 93.2 Å². The highest BCUT2D eigenvalue weighted by Gasteiger charge is 2.43. The van der Waals surface area contributed by atoms with Crippen molar-refractivity contribution in [1.29, 1.82) is 0 Å². The van der Waals surface area contributed by atoms with Crippen LogP contribution in [-0.2, 0) is 14.3 Å². The third kappa shape index (κ3) is 5.08. The number of nitro benzene ring substituents is 1. The van der Waals surface area contributed by atoms with Gasteiger partial charge >= 0.3 is 0 Å². The summed E-state index contributed by atoms with van der Waals surface area (Å²) in [6, 6.07) is 13.6. The number of allylic oxidation sites excluding steroid dienone is 1. The number of nitro groups is 1. The van der Waals surface area contributed by atoms with Crippen LogP contribution >= 0.6 is 0 Å². The number of rotatable bonds is 10. The minimum absolute atomic E-state index is 0.00936.